The lowest BCUT2D eigenvalue weighted by Crippen LogP contribution is -2.27. The molecule has 0 aliphatic rings. The molecule has 0 fully saturated rings. The molecule has 0 radical (unpaired) electrons. The van der Waals surface area contributed by atoms with Crippen LogP contribution < -0.4 is 5.32 Å². The van der Waals surface area contributed by atoms with Crippen molar-refractivity contribution in [2.75, 3.05) is 6.54 Å². The van der Waals surface area contributed by atoms with Gasteiger partial charge in [-0.05, 0) is 12.1 Å². The molecule has 3 rings (SSSR count). The maximum Gasteiger partial charge on any atom is 0.251 e. The van der Waals surface area contributed by atoms with E-state index in [-0.39, 0.29) is 11.8 Å². The molecule has 3 aromatic rings. The molecule has 1 atom stereocenters. The summed E-state index contributed by atoms with van der Waals surface area (Å²) < 4.78 is 0. The van der Waals surface area contributed by atoms with Crippen molar-refractivity contribution in [1.82, 2.24) is 20.5 Å². The Hall–Kier alpha value is -2.21. The number of thiazole rings is 1. The zero-order valence-corrected chi connectivity index (χ0v) is 11.8. The van der Waals surface area contributed by atoms with Gasteiger partial charge in [-0.1, -0.05) is 13.0 Å². The van der Waals surface area contributed by atoms with Crippen molar-refractivity contribution in [3.05, 3.63) is 46.5 Å². The van der Waals surface area contributed by atoms with Crippen molar-refractivity contribution in [3.8, 4) is 0 Å². The van der Waals surface area contributed by atoms with Crippen molar-refractivity contribution in [1.29, 1.82) is 0 Å². The number of nitrogens with one attached hydrogen (secondary N) is 2. The van der Waals surface area contributed by atoms with Gasteiger partial charge in [-0.2, -0.15) is 5.10 Å². The quantitative estimate of drug-likeness (QED) is 0.774. The normalized spacial score (nSPS) is 12.4. The third kappa shape index (κ3) is 2.55. The van der Waals surface area contributed by atoms with Crippen LogP contribution in [0.4, 0.5) is 0 Å². The van der Waals surface area contributed by atoms with Gasteiger partial charge >= 0.3 is 0 Å². The summed E-state index contributed by atoms with van der Waals surface area (Å²) in [5, 5.41) is 13.7. The molecular formula is C14H14N4OS. The summed E-state index contributed by atoms with van der Waals surface area (Å²) in [5.74, 6) is 0.139. The summed E-state index contributed by atoms with van der Waals surface area (Å²) in [4.78, 5) is 16.4. The van der Waals surface area contributed by atoms with Crippen molar-refractivity contribution < 1.29 is 4.79 Å². The molecule has 2 N–H and O–H groups in total. The number of hydrogen-bond acceptors (Lipinski definition) is 4. The van der Waals surface area contributed by atoms with E-state index in [0.29, 0.717) is 12.1 Å². The van der Waals surface area contributed by atoms with Crippen molar-refractivity contribution in [3.63, 3.8) is 0 Å². The SMILES string of the molecule is CC(CNC(=O)c1ccc2cn[nH]c2c1)c1nccs1. The molecule has 1 amide bonds. The summed E-state index contributed by atoms with van der Waals surface area (Å²) in [5.41, 5.74) is 1.50. The van der Waals surface area contributed by atoms with Crippen molar-refractivity contribution in [2.45, 2.75) is 12.8 Å². The zero-order chi connectivity index (χ0) is 13.9. The predicted octanol–water partition coefficient (Wildman–Crippen LogP) is 2.55. The highest BCUT2D eigenvalue weighted by Crippen LogP contribution is 2.17. The minimum absolute atomic E-state index is 0.0788. The van der Waals surface area contributed by atoms with Crippen LogP contribution in [0.1, 0.15) is 28.2 Å². The number of amides is 1. The first-order valence-electron chi connectivity index (χ1n) is 6.35. The number of nitrogens with zero attached hydrogens (tertiary/aromatic N) is 2. The standard InChI is InChI=1S/C14H14N4OS/c1-9(14-15-4-5-20-14)7-16-13(19)10-2-3-11-8-17-18-12(11)6-10/h2-6,8-9H,7H2,1H3,(H,16,19)(H,17,18). The van der Waals surface area contributed by atoms with Crippen LogP contribution in [0.3, 0.4) is 0 Å². The fraction of sp³-hybridized carbons (Fsp3) is 0.214. The minimum Gasteiger partial charge on any atom is -0.351 e. The Labute approximate surface area is 120 Å². The van der Waals surface area contributed by atoms with Crippen LogP contribution in [0.25, 0.3) is 10.9 Å². The highest BCUT2D eigenvalue weighted by molar-refractivity contribution is 7.09. The lowest BCUT2D eigenvalue weighted by molar-refractivity contribution is 0.0952. The summed E-state index contributed by atoms with van der Waals surface area (Å²) in [6.45, 7) is 2.63. The molecule has 20 heavy (non-hydrogen) atoms. The highest BCUT2D eigenvalue weighted by Gasteiger charge is 2.11. The first-order valence-corrected chi connectivity index (χ1v) is 7.23. The molecule has 5 nitrogen and oxygen atoms in total. The number of aromatic nitrogens is 3. The maximum atomic E-state index is 12.1. The van der Waals surface area contributed by atoms with Gasteiger partial charge in [0.25, 0.3) is 5.91 Å². The van der Waals surface area contributed by atoms with Gasteiger partial charge in [0.05, 0.1) is 16.7 Å². The van der Waals surface area contributed by atoms with Gasteiger partial charge in [0.1, 0.15) is 0 Å². The van der Waals surface area contributed by atoms with Crippen LogP contribution in [0.5, 0.6) is 0 Å². The molecular weight excluding hydrogens is 272 g/mol. The Bertz CT molecular complexity index is 720. The monoisotopic (exact) mass is 286 g/mol. The van der Waals surface area contributed by atoms with E-state index < -0.39 is 0 Å². The van der Waals surface area contributed by atoms with E-state index >= 15 is 0 Å². The second-order valence-corrected chi connectivity index (χ2v) is 5.58. The van der Waals surface area contributed by atoms with Gasteiger partial charge in [0.15, 0.2) is 0 Å². The Balaban J connectivity index is 1.66. The third-order valence-electron chi connectivity index (χ3n) is 3.15. The van der Waals surface area contributed by atoms with E-state index in [0.717, 1.165) is 15.9 Å². The predicted molar refractivity (Wildman–Crippen MR) is 79.0 cm³/mol. The average molecular weight is 286 g/mol. The molecule has 1 aromatic carbocycles. The molecule has 6 heteroatoms. The lowest BCUT2D eigenvalue weighted by Gasteiger charge is -2.10. The van der Waals surface area contributed by atoms with Crippen LogP contribution in [-0.4, -0.2) is 27.6 Å². The lowest BCUT2D eigenvalue weighted by atomic mass is 10.1. The molecule has 0 aliphatic carbocycles. The largest absolute Gasteiger partial charge is 0.351 e. The average Bonchev–Trinajstić information content (AvgIpc) is 3.13. The van der Waals surface area contributed by atoms with Crippen LogP contribution in [0.2, 0.25) is 0 Å². The van der Waals surface area contributed by atoms with Crippen LogP contribution >= 0.6 is 11.3 Å². The second kappa shape index (κ2) is 5.42. The molecule has 0 saturated carbocycles. The number of H-pyrrole nitrogens is 1. The summed E-state index contributed by atoms with van der Waals surface area (Å²) in [7, 11) is 0. The topological polar surface area (TPSA) is 70.7 Å². The van der Waals surface area contributed by atoms with Crippen LogP contribution in [0.15, 0.2) is 36.0 Å². The molecule has 2 heterocycles. The number of carbonyl (C=O) groups excluding carboxylic acids is 1. The summed E-state index contributed by atoms with van der Waals surface area (Å²) in [6, 6.07) is 5.50. The van der Waals surface area contributed by atoms with Gasteiger partial charge in [-0.3, -0.25) is 9.89 Å². The molecule has 1 unspecified atom stereocenters. The van der Waals surface area contributed by atoms with E-state index in [1.807, 2.05) is 17.5 Å². The zero-order valence-electron chi connectivity index (χ0n) is 11.0. The van der Waals surface area contributed by atoms with Crippen molar-refractivity contribution >= 4 is 28.1 Å². The first-order chi connectivity index (χ1) is 9.74. The van der Waals surface area contributed by atoms with Crippen LogP contribution in [-0.2, 0) is 0 Å². The Kier molecular flexibility index (Phi) is 3.47. The number of aromatic amines is 1. The van der Waals surface area contributed by atoms with E-state index in [2.05, 4.69) is 27.4 Å². The van der Waals surface area contributed by atoms with Gasteiger partial charge in [-0.25, -0.2) is 4.98 Å². The van der Waals surface area contributed by atoms with E-state index in [9.17, 15) is 4.79 Å². The summed E-state index contributed by atoms with van der Waals surface area (Å²) >= 11 is 1.61. The molecule has 0 saturated heterocycles. The third-order valence-corrected chi connectivity index (χ3v) is 4.15. The first kappa shape index (κ1) is 12.8. The minimum atomic E-state index is -0.0788. The fourth-order valence-corrected chi connectivity index (χ4v) is 2.69. The Morgan fingerprint density at radius 1 is 1.50 bits per heavy atom. The van der Waals surface area contributed by atoms with Gasteiger partial charge in [0, 0.05) is 35.0 Å². The molecule has 102 valence electrons. The Morgan fingerprint density at radius 2 is 2.40 bits per heavy atom. The van der Waals surface area contributed by atoms with Gasteiger partial charge < -0.3 is 5.32 Å². The molecule has 2 aromatic heterocycles. The molecule has 0 aliphatic heterocycles. The van der Waals surface area contributed by atoms with Gasteiger partial charge in [0.2, 0.25) is 0 Å². The van der Waals surface area contributed by atoms with Gasteiger partial charge in [-0.15, -0.1) is 11.3 Å². The van der Waals surface area contributed by atoms with E-state index in [4.69, 9.17) is 0 Å². The number of hydrogen-bond donors (Lipinski definition) is 2. The highest BCUT2D eigenvalue weighted by atomic mass is 32.1. The molecule has 0 spiro atoms. The molecule has 0 bridgehead atoms. The number of fused-ring (bicyclic) bond motifs is 1. The summed E-state index contributed by atoms with van der Waals surface area (Å²) in [6.07, 6.45) is 3.52. The smallest absolute Gasteiger partial charge is 0.251 e. The maximum absolute atomic E-state index is 12.1. The van der Waals surface area contributed by atoms with Crippen LogP contribution in [0, 0.1) is 0 Å². The van der Waals surface area contributed by atoms with Crippen molar-refractivity contribution in [2.24, 2.45) is 0 Å². The number of carbonyl (C=O) groups is 1. The fourth-order valence-electron chi connectivity index (χ4n) is 1.99. The second-order valence-electron chi connectivity index (χ2n) is 4.65. The Morgan fingerprint density at radius 3 is 3.20 bits per heavy atom. The number of rotatable bonds is 4. The van der Waals surface area contributed by atoms with E-state index in [1.165, 1.54) is 0 Å². The van der Waals surface area contributed by atoms with E-state index in [1.54, 1.807) is 29.8 Å². The number of benzene rings is 1.